The second-order valence-corrected chi connectivity index (χ2v) is 9.99. The molecule has 1 aromatic heterocycles. The number of aryl methyl sites for hydroxylation is 1. The van der Waals surface area contributed by atoms with E-state index in [-0.39, 0.29) is 23.3 Å². The molecule has 0 aliphatic carbocycles. The third-order valence-corrected chi connectivity index (χ3v) is 7.91. The number of carbonyl (C=O) groups is 1. The average molecular weight is 448 g/mol. The number of hydrogen-bond acceptors (Lipinski definition) is 6. The van der Waals surface area contributed by atoms with Gasteiger partial charge < -0.3 is 10.2 Å². The maximum Gasteiger partial charge on any atom is 0.243 e. The maximum absolute atomic E-state index is 13.6. The first kappa shape index (κ1) is 21.6. The van der Waals surface area contributed by atoms with Crippen LogP contribution in [-0.4, -0.2) is 60.2 Å². The molecule has 166 valence electrons. The van der Waals surface area contributed by atoms with Crippen LogP contribution >= 0.6 is 0 Å². The minimum absolute atomic E-state index is 0.00421. The fourth-order valence-corrected chi connectivity index (χ4v) is 5.78. The highest BCUT2D eigenvalue weighted by atomic mass is 32.2. The summed E-state index contributed by atoms with van der Waals surface area (Å²) in [6.07, 6.45) is 1.28. The van der Waals surface area contributed by atoms with E-state index >= 15 is 0 Å². The molecule has 2 aromatic rings. The van der Waals surface area contributed by atoms with Crippen LogP contribution < -0.4 is 5.32 Å². The first-order valence-electron chi connectivity index (χ1n) is 10.3. The third-order valence-electron chi connectivity index (χ3n) is 6.05. The number of carbonyl (C=O) groups excluding carboxylic acids is 1. The fraction of sp³-hybridized carbons (Fsp3) is 0.476. The Labute approximate surface area is 181 Å². The Morgan fingerprint density at radius 2 is 2.03 bits per heavy atom. The number of benzene rings is 1. The molecule has 3 heterocycles. The number of hydrogen-bond donors (Lipinski definition) is 1. The lowest BCUT2D eigenvalue weighted by Crippen LogP contribution is -2.35. The van der Waals surface area contributed by atoms with Crippen molar-refractivity contribution in [2.24, 2.45) is 0 Å². The number of aromatic nitrogens is 2. The van der Waals surface area contributed by atoms with Gasteiger partial charge in [0, 0.05) is 45.1 Å². The topological polar surface area (TPSA) is 95.5 Å². The molecule has 1 aromatic carbocycles. The van der Waals surface area contributed by atoms with Gasteiger partial charge in [0.15, 0.2) is 0 Å². The molecular formula is C21H26FN5O3S. The van der Waals surface area contributed by atoms with Gasteiger partial charge in [-0.1, -0.05) is 0 Å². The van der Waals surface area contributed by atoms with Crippen molar-refractivity contribution in [2.45, 2.75) is 44.0 Å². The molecule has 0 unspecified atom stereocenters. The van der Waals surface area contributed by atoms with Gasteiger partial charge in [0.1, 0.15) is 17.5 Å². The molecule has 0 spiro atoms. The average Bonchev–Trinajstić information content (AvgIpc) is 3.25. The van der Waals surface area contributed by atoms with Crippen LogP contribution in [0.4, 0.5) is 10.2 Å². The Bertz CT molecular complexity index is 1140. The van der Waals surface area contributed by atoms with Gasteiger partial charge in [-0.15, -0.1) is 0 Å². The highest BCUT2D eigenvalue weighted by Gasteiger charge is 2.36. The van der Waals surface area contributed by atoms with E-state index in [1.807, 2.05) is 0 Å². The SMILES string of the molecule is CNc1nc([C@@H]2CCN(S(=O)(=O)c3ccc(F)c(C)c3)C2)nc2c1CCN(C(C)=O)C2. The molecule has 1 fully saturated rings. The first-order valence-corrected chi connectivity index (χ1v) is 11.7. The van der Waals surface area contributed by atoms with Crippen molar-refractivity contribution in [3.63, 3.8) is 0 Å². The molecule has 0 saturated carbocycles. The minimum Gasteiger partial charge on any atom is -0.373 e. The van der Waals surface area contributed by atoms with E-state index in [0.717, 1.165) is 17.1 Å². The predicted molar refractivity (Wildman–Crippen MR) is 114 cm³/mol. The van der Waals surface area contributed by atoms with Gasteiger partial charge in [-0.25, -0.2) is 22.8 Å². The Morgan fingerprint density at radius 1 is 1.26 bits per heavy atom. The molecule has 1 atom stereocenters. The van der Waals surface area contributed by atoms with Crippen molar-refractivity contribution < 1.29 is 17.6 Å². The highest BCUT2D eigenvalue weighted by Crippen LogP contribution is 2.32. The molecule has 0 radical (unpaired) electrons. The van der Waals surface area contributed by atoms with Crippen molar-refractivity contribution in [3.8, 4) is 0 Å². The molecule has 31 heavy (non-hydrogen) atoms. The molecular weight excluding hydrogens is 421 g/mol. The van der Waals surface area contributed by atoms with Crippen LogP contribution in [0.5, 0.6) is 0 Å². The number of halogens is 1. The summed E-state index contributed by atoms with van der Waals surface area (Å²) in [4.78, 5) is 23.1. The van der Waals surface area contributed by atoms with Gasteiger partial charge in [0.25, 0.3) is 0 Å². The largest absolute Gasteiger partial charge is 0.373 e. The van der Waals surface area contributed by atoms with E-state index in [9.17, 15) is 17.6 Å². The Balaban J connectivity index is 1.60. The molecule has 8 nitrogen and oxygen atoms in total. The van der Waals surface area contributed by atoms with Gasteiger partial charge in [-0.2, -0.15) is 4.31 Å². The van der Waals surface area contributed by atoms with Crippen molar-refractivity contribution in [2.75, 3.05) is 32.0 Å². The summed E-state index contributed by atoms with van der Waals surface area (Å²) in [5, 5.41) is 3.12. The van der Waals surface area contributed by atoms with Crippen molar-refractivity contribution in [1.29, 1.82) is 0 Å². The summed E-state index contributed by atoms with van der Waals surface area (Å²) in [6.45, 7) is 4.76. The van der Waals surface area contributed by atoms with E-state index in [1.165, 1.54) is 22.5 Å². The Hall–Kier alpha value is -2.59. The molecule has 2 aliphatic heterocycles. The van der Waals surface area contributed by atoms with Crippen LogP contribution in [0.3, 0.4) is 0 Å². The van der Waals surface area contributed by atoms with Crippen molar-refractivity contribution in [1.82, 2.24) is 19.2 Å². The van der Waals surface area contributed by atoms with Crippen LogP contribution in [0.15, 0.2) is 23.1 Å². The molecule has 1 amide bonds. The summed E-state index contributed by atoms with van der Waals surface area (Å²) < 4.78 is 41.1. The van der Waals surface area contributed by atoms with E-state index < -0.39 is 15.8 Å². The number of nitrogens with zero attached hydrogens (tertiary/aromatic N) is 4. The van der Waals surface area contributed by atoms with E-state index in [0.29, 0.717) is 43.9 Å². The maximum atomic E-state index is 13.6. The fourth-order valence-electron chi connectivity index (χ4n) is 4.19. The molecule has 10 heteroatoms. The van der Waals surface area contributed by atoms with Crippen molar-refractivity contribution >= 4 is 21.7 Å². The number of rotatable bonds is 4. The summed E-state index contributed by atoms with van der Waals surface area (Å²) in [7, 11) is -1.93. The second kappa shape index (κ2) is 8.16. The minimum atomic E-state index is -3.73. The van der Waals surface area contributed by atoms with Crippen LogP contribution in [-0.2, 0) is 27.8 Å². The summed E-state index contributed by atoms with van der Waals surface area (Å²) >= 11 is 0. The molecule has 1 N–H and O–H groups in total. The van der Waals surface area contributed by atoms with Crippen LogP contribution in [0, 0.1) is 12.7 Å². The van der Waals surface area contributed by atoms with E-state index in [4.69, 9.17) is 4.98 Å². The summed E-state index contributed by atoms with van der Waals surface area (Å²) in [5.74, 6) is 0.742. The zero-order chi connectivity index (χ0) is 22.3. The lowest BCUT2D eigenvalue weighted by Gasteiger charge is -2.29. The number of nitrogens with one attached hydrogen (secondary N) is 1. The van der Waals surface area contributed by atoms with Gasteiger partial charge >= 0.3 is 0 Å². The number of fused-ring (bicyclic) bond motifs is 1. The zero-order valence-electron chi connectivity index (χ0n) is 17.9. The third kappa shape index (κ3) is 4.01. The van der Waals surface area contributed by atoms with Crippen LogP contribution in [0.1, 0.15) is 41.9 Å². The normalized spacial score (nSPS) is 19.4. The smallest absolute Gasteiger partial charge is 0.243 e. The monoisotopic (exact) mass is 447 g/mol. The Morgan fingerprint density at radius 3 is 2.71 bits per heavy atom. The summed E-state index contributed by atoms with van der Waals surface area (Å²) in [6, 6.07) is 3.85. The zero-order valence-corrected chi connectivity index (χ0v) is 18.7. The first-order chi connectivity index (χ1) is 14.7. The predicted octanol–water partition coefficient (Wildman–Crippen LogP) is 2.05. The van der Waals surface area contributed by atoms with Crippen LogP contribution in [0.25, 0.3) is 0 Å². The van der Waals surface area contributed by atoms with E-state index in [2.05, 4.69) is 10.3 Å². The van der Waals surface area contributed by atoms with Gasteiger partial charge in [0.05, 0.1) is 17.1 Å². The van der Waals surface area contributed by atoms with Gasteiger partial charge in [0.2, 0.25) is 15.9 Å². The molecule has 4 rings (SSSR count). The summed E-state index contributed by atoms with van der Waals surface area (Å²) in [5.41, 5.74) is 2.11. The lowest BCUT2D eigenvalue weighted by molar-refractivity contribution is -0.129. The molecule has 2 aliphatic rings. The molecule has 0 bridgehead atoms. The van der Waals surface area contributed by atoms with Crippen molar-refractivity contribution in [3.05, 3.63) is 46.7 Å². The number of amides is 1. The lowest BCUT2D eigenvalue weighted by atomic mass is 10.0. The van der Waals surface area contributed by atoms with Gasteiger partial charge in [-0.3, -0.25) is 4.79 Å². The standard InChI is InChI=1S/C21H26FN5O3S/c1-13-10-16(4-5-18(13)22)31(29,30)27-9-6-15(11-27)20-24-19-12-26(14(2)28)8-7-17(19)21(23-3)25-20/h4-5,10,15H,6-9,11-12H2,1-3H3,(H,23,24,25)/t15-/m1/s1. The second-order valence-electron chi connectivity index (χ2n) is 8.06. The van der Waals surface area contributed by atoms with Crippen LogP contribution in [0.2, 0.25) is 0 Å². The molecule has 1 saturated heterocycles. The van der Waals surface area contributed by atoms with Gasteiger partial charge in [-0.05, 0) is 43.5 Å². The van der Waals surface area contributed by atoms with E-state index in [1.54, 1.807) is 25.8 Å². The Kier molecular flexibility index (Phi) is 5.69. The number of anilines is 1. The quantitative estimate of drug-likeness (QED) is 0.771. The highest BCUT2D eigenvalue weighted by molar-refractivity contribution is 7.89. The number of sulfonamides is 1.